The van der Waals surface area contributed by atoms with E-state index in [0.29, 0.717) is 11.5 Å². The number of halogens is 1. The van der Waals surface area contributed by atoms with Crippen molar-refractivity contribution in [3.63, 3.8) is 0 Å². The quantitative estimate of drug-likeness (QED) is 0.680. The van der Waals surface area contributed by atoms with Crippen molar-refractivity contribution >= 4 is 5.78 Å². The number of Topliss-reactive ketones (excluding diaryl/α,β-unsaturated/α-hetero) is 1. The molecule has 0 saturated heterocycles. The molecule has 74 valence electrons. The second-order valence-corrected chi connectivity index (χ2v) is 2.96. The largest absolute Gasteiger partial charge is 0.454 e. The monoisotopic (exact) mass is 196 g/mol. The number of hydrogen-bond donors (Lipinski definition) is 0. The maximum atomic E-state index is 13.3. The highest BCUT2D eigenvalue weighted by molar-refractivity contribution is 5.96. The van der Waals surface area contributed by atoms with Crippen LogP contribution >= 0.6 is 0 Å². The highest BCUT2D eigenvalue weighted by Gasteiger charge is 2.19. The summed E-state index contributed by atoms with van der Waals surface area (Å²) in [7, 11) is 0. The summed E-state index contributed by atoms with van der Waals surface area (Å²) in [5, 5.41) is 0. The SMILES string of the molecule is CCC(=O)c1cc2c(cc1F)OCO2. The van der Waals surface area contributed by atoms with E-state index in [-0.39, 0.29) is 24.6 Å². The molecule has 4 heteroatoms. The Kier molecular flexibility index (Phi) is 2.11. The zero-order valence-corrected chi connectivity index (χ0v) is 7.67. The van der Waals surface area contributed by atoms with E-state index in [4.69, 9.17) is 9.47 Å². The van der Waals surface area contributed by atoms with Gasteiger partial charge in [0.15, 0.2) is 17.3 Å². The molecule has 0 fully saturated rings. The molecule has 1 heterocycles. The highest BCUT2D eigenvalue weighted by Crippen LogP contribution is 2.34. The maximum Gasteiger partial charge on any atom is 0.231 e. The normalized spacial score (nSPS) is 13.0. The summed E-state index contributed by atoms with van der Waals surface area (Å²) in [6.07, 6.45) is 0.274. The predicted octanol–water partition coefficient (Wildman–Crippen LogP) is 2.15. The zero-order valence-electron chi connectivity index (χ0n) is 7.67. The predicted molar refractivity (Wildman–Crippen MR) is 47.1 cm³/mol. The van der Waals surface area contributed by atoms with Gasteiger partial charge >= 0.3 is 0 Å². The molecule has 0 aliphatic carbocycles. The van der Waals surface area contributed by atoms with Crippen LogP contribution in [0.2, 0.25) is 0 Å². The number of benzene rings is 1. The smallest absolute Gasteiger partial charge is 0.231 e. The average molecular weight is 196 g/mol. The van der Waals surface area contributed by atoms with Gasteiger partial charge in [-0.1, -0.05) is 6.92 Å². The number of fused-ring (bicyclic) bond motifs is 1. The second kappa shape index (κ2) is 3.29. The van der Waals surface area contributed by atoms with Crippen LogP contribution in [0.1, 0.15) is 23.7 Å². The van der Waals surface area contributed by atoms with E-state index in [2.05, 4.69) is 0 Å². The molecule has 2 rings (SSSR count). The summed E-state index contributed by atoms with van der Waals surface area (Å²) in [5.74, 6) is 0.000234. The minimum atomic E-state index is -0.555. The fraction of sp³-hybridized carbons (Fsp3) is 0.300. The fourth-order valence-electron chi connectivity index (χ4n) is 1.32. The van der Waals surface area contributed by atoms with Crippen LogP contribution in [0.3, 0.4) is 0 Å². The number of carbonyl (C=O) groups excluding carboxylic acids is 1. The third-order valence-electron chi connectivity index (χ3n) is 2.08. The third kappa shape index (κ3) is 1.32. The van der Waals surface area contributed by atoms with E-state index in [0.717, 1.165) is 0 Å². The van der Waals surface area contributed by atoms with Crippen molar-refractivity contribution in [3.05, 3.63) is 23.5 Å². The lowest BCUT2D eigenvalue weighted by Gasteiger charge is -2.02. The van der Waals surface area contributed by atoms with Gasteiger partial charge in [-0.25, -0.2) is 4.39 Å². The summed E-state index contributed by atoms with van der Waals surface area (Å²) < 4.78 is 23.3. The molecule has 14 heavy (non-hydrogen) atoms. The lowest BCUT2D eigenvalue weighted by molar-refractivity contribution is 0.0984. The van der Waals surface area contributed by atoms with Crippen LogP contribution in [0, 0.1) is 5.82 Å². The van der Waals surface area contributed by atoms with Gasteiger partial charge in [0, 0.05) is 12.5 Å². The summed E-state index contributed by atoms with van der Waals surface area (Å²) >= 11 is 0. The first-order chi connectivity index (χ1) is 6.72. The van der Waals surface area contributed by atoms with Crippen LogP contribution in [0.25, 0.3) is 0 Å². The van der Waals surface area contributed by atoms with Gasteiger partial charge in [-0.05, 0) is 6.07 Å². The molecule has 1 aliphatic heterocycles. The lowest BCUT2D eigenvalue weighted by atomic mass is 10.1. The van der Waals surface area contributed by atoms with Gasteiger partial charge in [-0.15, -0.1) is 0 Å². The van der Waals surface area contributed by atoms with E-state index >= 15 is 0 Å². The van der Waals surface area contributed by atoms with Gasteiger partial charge in [0.05, 0.1) is 5.56 Å². The van der Waals surface area contributed by atoms with Crippen molar-refractivity contribution in [3.8, 4) is 11.5 Å². The van der Waals surface area contributed by atoms with Crippen LogP contribution in [0.4, 0.5) is 4.39 Å². The minimum absolute atomic E-state index is 0.0664. The molecular weight excluding hydrogens is 187 g/mol. The Bertz CT molecular complexity index is 387. The van der Waals surface area contributed by atoms with Gasteiger partial charge < -0.3 is 9.47 Å². The van der Waals surface area contributed by atoms with Gasteiger partial charge in [0.1, 0.15) is 5.82 Å². The van der Waals surface area contributed by atoms with Crippen molar-refractivity contribution in [2.24, 2.45) is 0 Å². The highest BCUT2D eigenvalue weighted by atomic mass is 19.1. The van der Waals surface area contributed by atoms with Gasteiger partial charge in [0.25, 0.3) is 0 Å². The van der Waals surface area contributed by atoms with Crippen LogP contribution in [0.5, 0.6) is 11.5 Å². The molecule has 1 aromatic rings. The minimum Gasteiger partial charge on any atom is -0.454 e. The molecule has 0 spiro atoms. The first-order valence-corrected chi connectivity index (χ1v) is 4.34. The Hall–Kier alpha value is -1.58. The molecule has 1 aliphatic rings. The molecule has 0 bridgehead atoms. The van der Waals surface area contributed by atoms with Crippen molar-refractivity contribution in [2.45, 2.75) is 13.3 Å². The first kappa shape index (κ1) is 8.99. The fourth-order valence-corrected chi connectivity index (χ4v) is 1.32. The summed E-state index contributed by atoms with van der Waals surface area (Å²) in [6, 6.07) is 2.58. The second-order valence-electron chi connectivity index (χ2n) is 2.96. The molecule has 0 unspecified atom stereocenters. The van der Waals surface area contributed by atoms with Crippen molar-refractivity contribution in [1.82, 2.24) is 0 Å². The topological polar surface area (TPSA) is 35.5 Å². The van der Waals surface area contributed by atoms with Gasteiger partial charge in [-0.3, -0.25) is 4.79 Å². The Morgan fingerprint density at radius 2 is 2.07 bits per heavy atom. The summed E-state index contributed by atoms with van der Waals surface area (Å²) in [4.78, 5) is 11.3. The molecule has 1 aromatic carbocycles. The van der Waals surface area contributed by atoms with Crippen LogP contribution in [-0.4, -0.2) is 12.6 Å². The lowest BCUT2D eigenvalue weighted by Crippen LogP contribution is -2.00. The zero-order chi connectivity index (χ0) is 10.1. The van der Waals surface area contributed by atoms with E-state index < -0.39 is 5.82 Å². The van der Waals surface area contributed by atoms with Gasteiger partial charge in [0.2, 0.25) is 6.79 Å². The summed E-state index contributed by atoms with van der Waals surface area (Å²) in [5.41, 5.74) is 0.0664. The Morgan fingerprint density at radius 1 is 1.43 bits per heavy atom. The molecular formula is C10H9FO3. The number of rotatable bonds is 2. The summed E-state index contributed by atoms with van der Waals surface area (Å²) in [6.45, 7) is 1.77. The number of ether oxygens (including phenoxy) is 2. The molecule has 0 radical (unpaired) electrons. The van der Waals surface area contributed by atoms with Crippen molar-refractivity contribution in [1.29, 1.82) is 0 Å². The number of hydrogen-bond acceptors (Lipinski definition) is 3. The maximum absolute atomic E-state index is 13.3. The molecule has 0 amide bonds. The molecule has 0 N–H and O–H groups in total. The average Bonchev–Trinajstić information content (AvgIpc) is 2.62. The molecule has 0 aromatic heterocycles. The first-order valence-electron chi connectivity index (χ1n) is 4.34. The van der Waals surface area contributed by atoms with E-state index in [1.807, 2.05) is 0 Å². The van der Waals surface area contributed by atoms with Crippen molar-refractivity contribution < 1.29 is 18.7 Å². The van der Waals surface area contributed by atoms with E-state index in [1.54, 1.807) is 6.92 Å². The van der Waals surface area contributed by atoms with E-state index in [1.165, 1.54) is 12.1 Å². The van der Waals surface area contributed by atoms with Crippen LogP contribution in [0.15, 0.2) is 12.1 Å². The third-order valence-corrected chi connectivity index (χ3v) is 2.08. The van der Waals surface area contributed by atoms with Crippen LogP contribution in [-0.2, 0) is 0 Å². The standard InChI is InChI=1S/C10H9FO3/c1-2-8(12)6-3-9-10(4-7(6)11)14-5-13-9/h3-4H,2,5H2,1H3. The molecule has 3 nitrogen and oxygen atoms in total. The van der Waals surface area contributed by atoms with Crippen molar-refractivity contribution in [2.75, 3.05) is 6.79 Å². The van der Waals surface area contributed by atoms with Gasteiger partial charge in [-0.2, -0.15) is 0 Å². The number of ketones is 1. The Morgan fingerprint density at radius 3 is 2.71 bits per heavy atom. The molecule has 0 atom stereocenters. The van der Waals surface area contributed by atoms with Crippen LogP contribution < -0.4 is 9.47 Å². The Balaban J connectivity index is 2.47. The molecule has 0 saturated carbocycles. The number of carbonyl (C=O) groups is 1. The van der Waals surface area contributed by atoms with E-state index in [9.17, 15) is 9.18 Å². The Labute approximate surface area is 80.4 Å².